The van der Waals surface area contributed by atoms with E-state index in [4.69, 9.17) is 9.47 Å². The highest BCUT2D eigenvalue weighted by atomic mass is 16.6. The summed E-state index contributed by atoms with van der Waals surface area (Å²) in [6.45, 7) is 0.241. The van der Waals surface area contributed by atoms with Crippen LogP contribution in [0.2, 0.25) is 0 Å². The van der Waals surface area contributed by atoms with E-state index in [2.05, 4.69) is 12.2 Å². The molecule has 0 aromatic carbocycles. The van der Waals surface area contributed by atoms with Crippen molar-refractivity contribution < 1.29 is 19.1 Å². The van der Waals surface area contributed by atoms with Gasteiger partial charge in [0, 0.05) is 0 Å². The van der Waals surface area contributed by atoms with Crippen LogP contribution < -0.4 is 0 Å². The number of hydrogen-bond donors (Lipinski definition) is 0. The Bertz CT molecular complexity index is 539. The zero-order chi connectivity index (χ0) is 14.1. The zero-order valence-corrected chi connectivity index (χ0v) is 11.9. The van der Waals surface area contributed by atoms with E-state index in [-0.39, 0.29) is 37.0 Å². The van der Waals surface area contributed by atoms with E-state index in [1.54, 1.807) is 0 Å². The van der Waals surface area contributed by atoms with Crippen LogP contribution >= 0.6 is 0 Å². The van der Waals surface area contributed by atoms with E-state index in [9.17, 15) is 9.59 Å². The molecule has 8 unspecified atom stereocenters. The molecule has 0 N–H and O–H groups in total. The summed E-state index contributed by atoms with van der Waals surface area (Å²) in [5, 5.41) is 0. The third-order valence-electron chi connectivity index (χ3n) is 6.68. The van der Waals surface area contributed by atoms with Gasteiger partial charge in [0.25, 0.3) is 0 Å². The fourth-order valence-corrected chi connectivity index (χ4v) is 6.10. The van der Waals surface area contributed by atoms with Gasteiger partial charge in [0.2, 0.25) is 0 Å². The number of esters is 2. The Morgan fingerprint density at radius 3 is 2.71 bits per heavy atom. The summed E-state index contributed by atoms with van der Waals surface area (Å²) < 4.78 is 10.4. The van der Waals surface area contributed by atoms with Crippen LogP contribution in [0.1, 0.15) is 25.7 Å². The van der Waals surface area contributed by atoms with Crippen LogP contribution in [0, 0.1) is 41.4 Å². The Morgan fingerprint density at radius 2 is 1.95 bits per heavy atom. The standard InChI is InChI=1S/C17H20O4/c18-14-6-11(7-20-14)21-17(19)13-5-10-4-12(13)16-9-2-1-8(3-9)15(10)16/h1-2,8-13,15-16H,3-7H2. The van der Waals surface area contributed by atoms with E-state index in [1.165, 1.54) is 12.8 Å². The molecule has 0 radical (unpaired) electrons. The van der Waals surface area contributed by atoms with Crippen LogP contribution in [0.5, 0.6) is 0 Å². The SMILES string of the molecule is O=C1CC(OC(=O)C2CC3CC2C2C4C=CC(C4)C32)CO1. The van der Waals surface area contributed by atoms with Gasteiger partial charge in [0.1, 0.15) is 12.7 Å². The van der Waals surface area contributed by atoms with Crippen LogP contribution in [0.3, 0.4) is 0 Å². The van der Waals surface area contributed by atoms with Crippen molar-refractivity contribution in [3.8, 4) is 0 Å². The lowest BCUT2D eigenvalue weighted by Gasteiger charge is -2.35. The summed E-state index contributed by atoms with van der Waals surface area (Å²) in [6, 6.07) is 0. The van der Waals surface area contributed by atoms with Crippen molar-refractivity contribution in [3.05, 3.63) is 12.2 Å². The fourth-order valence-electron chi connectivity index (χ4n) is 6.10. The second-order valence-corrected chi connectivity index (χ2v) is 7.55. The minimum Gasteiger partial charge on any atom is -0.462 e. The summed E-state index contributed by atoms with van der Waals surface area (Å²) in [6.07, 6.45) is 8.22. The van der Waals surface area contributed by atoms with E-state index in [1.807, 2.05) is 0 Å². The maximum Gasteiger partial charge on any atom is 0.309 e. The first-order valence-electron chi connectivity index (χ1n) is 8.25. The second-order valence-electron chi connectivity index (χ2n) is 7.55. The lowest BCUT2D eigenvalue weighted by Crippen LogP contribution is -2.36. The lowest BCUT2D eigenvalue weighted by molar-refractivity contribution is -0.157. The number of ether oxygens (including phenoxy) is 2. The van der Waals surface area contributed by atoms with Crippen LogP contribution in [-0.2, 0) is 19.1 Å². The largest absolute Gasteiger partial charge is 0.462 e. The molecule has 4 bridgehead atoms. The number of cyclic esters (lactones) is 1. The summed E-state index contributed by atoms with van der Waals surface area (Å²) >= 11 is 0. The van der Waals surface area contributed by atoms with Crippen molar-refractivity contribution in [2.45, 2.75) is 31.8 Å². The van der Waals surface area contributed by atoms with Crippen molar-refractivity contribution in [2.75, 3.05) is 6.61 Å². The van der Waals surface area contributed by atoms with Crippen molar-refractivity contribution in [2.24, 2.45) is 41.4 Å². The minimum absolute atomic E-state index is 0.0692. The summed E-state index contributed by atoms with van der Waals surface area (Å²) in [5.74, 6) is 4.04. The van der Waals surface area contributed by atoms with Gasteiger partial charge in [-0.3, -0.25) is 9.59 Å². The molecule has 1 heterocycles. The van der Waals surface area contributed by atoms with Gasteiger partial charge in [0.05, 0.1) is 12.3 Å². The number of rotatable bonds is 2. The topological polar surface area (TPSA) is 52.6 Å². The molecular formula is C17H20O4. The quantitative estimate of drug-likeness (QED) is 0.443. The van der Waals surface area contributed by atoms with Gasteiger partial charge in [-0.05, 0) is 54.8 Å². The molecule has 0 aromatic heterocycles. The highest BCUT2D eigenvalue weighted by molar-refractivity contribution is 5.76. The highest BCUT2D eigenvalue weighted by Gasteiger charge is 2.62. The molecule has 5 rings (SSSR count). The molecule has 112 valence electrons. The molecule has 3 saturated carbocycles. The van der Waals surface area contributed by atoms with Crippen LogP contribution in [-0.4, -0.2) is 24.6 Å². The van der Waals surface area contributed by atoms with Gasteiger partial charge in [0.15, 0.2) is 0 Å². The number of allylic oxidation sites excluding steroid dienone is 2. The third kappa shape index (κ3) is 1.62. The monoisotopic (exact) mass is 288 g/mol. The zero-order valence-electron chi connectivity index (χ0n) is 11.9. The second kappa shape index (κ2) is 4.11. The number of carbonyl (C=O) groups is 2. The first kappa shape index (κ1) is 12.2. The van der Waals surface area contributed by atoms with Crippen molar-refractivity contribution in [1.29, 1.82) is 0 Å². The number of carbonyl (C=O) groups excluding carboxylic acids is 2. The average Bonchev–Trinajstić information content (AvgIpc) is 3.24. The first-order valence-corrected chi connectivity index (χ1v) is 8.25. The number of fused-ring (bicyclic) bond motifs is 9. The smallest absolute Gasteiger partial charge is 0.309 e. The molecule has 1 saturated heterocycles. The maximum absolute atomic E-state index is 12.5. The van der Waals surface area contributed by atoms with Crippen LogP contribution in [0.15, 0.2) is 12.2 Å². The molecule has 21 heavy (non-hydrogen) atoms. The summed E-state index contributed by atoms with van der Waals surface area (Å²) in [4.78, 5) is 23.6. The Morgan fingerprint density at radius 1 is 1.14 bits per heavy atom. The Labute approximate surface area is 123 Å². The molecule has 4 nitrogen and oxygen atoms in total. The maximum atomic E-state index is 12.5. The van der Waals surface area contributed by atoms with E-state index >= 15 is 0 Å². The molecular weight excluding hydrogens is 268 g/mol. The Kier molecular flexibility index (Phi) is 2.40. The number of hydrogen-bond acceptors (Lipinski definition) is 4. The van der Waals surface area contributed by atoms with Gasteiger partial charge in [-0.2, -0.15) is 0 Å². The molecule has 5 aliphatic rings. The van der Waals surface area contributed by atoms with Gasteiger partial charge < -0.3 is 9.47 Å². The average molecular weight is 288 g/mol. The molecule has 4 aliphatic carbocycles. The summed E-state index contributed by atoms with van der Waals surface area (Å²) in [7, 11) is 0. The highest BCUT2D eigenvalue weighted by Crippen LogP contribution is 2.67. The summed E-state index contributed by atoms with van der Waals surface area (Å²) in [5.41, 5.74) is 0. The van der Waals surface area contributed by atoms with Gasteiger partial charge in [-0.1, -0.05) is 12.2 Å². The molecule has 1 aliphatic heterocycles. The molecule has 4 fully saturated rings. The van der Waals surface area contributed by atoms with E-state index in [0.717, 1.165) is 30.1 Å². The van der Waals surface area contributed by atoms with E-state index in [0.29, 0.717) is 11.8 Å². The molecule has 8 atom stereocenters. The Hall–Kier alpha value is -1.32. The molecule has 0 spiro atoms. The van der Waals surface area contributed by atoms with Gasteiger partial charge in [-0.25, -0.2) is 0 Å². The normalized spacial score (nSPS) is 52.3. The third-order valence-corrected chi connectivity index (χ3v) is 6.68. The van der Waals surface area contributed by atoms with E-state index < -0.39 is 0 Å². The lowest BCUT2D eigenvalue weighted by atomic mass is 9.69. The minimum atomic E-state index is -0.347. The Balaban J connectivity index is 1.30. The predicted octanol–water partition coefficient (Wildman–Crippen LogP) is 1.94. The van der Waals surface area contributed by atoms with Crippen LogP contribution in [0.4, 0.5) is 0 Å². The van der Waals surface area contributed by atoms with Crippen LogP contribution in [0.25, 0.3) is 0 Å². The van der Waals surface area contributed by atoms with Crippen molar-refractivity contribution in [3.63, 3.8) is 0 Å². The predicted molar refractivity (Wildman–Crippen MR) is 72.9 cm³/mol. The fraction of sp³-hybridized carbons (Fsp3) is 0.765. The molecule has 0 aromatic rings. The van der Waals surface area contributed by atoms with Crippen molar-refractivity contribution in [1.82, 2.24) is 0 Å². The van der Waals surface area contributed by atoms with Gasteiger partial charge in [-0.15, -0.1) is 0 Å². The first-order chi connectivity index (χ1) is 10.2. The molecule has 4 heteroatoms. The van der Waals surface area contributed by atoms with Gasteiger partial charge >= 0.3 is 11.9 Å². The molecule has 0 amide bonds. The van der Waals surface area contributed by atoms with Crippen molar-refractivity contribution >= 4 is 11.9 Å².